The first-order valence-corrected chi connectivity index (χ1v) is 5.79. The first-order chi connectivity index (χ1) is 9.24. The first-order valence-electron chi connectivity index (χ1n) is 5.79. The van der Waals surface area contributed by atoms with E-state index in [9.17, 15) is 0 Å². The Morgan fingerprint density at radius 3 is 2.68 bits per heavy atom. The number of methoxy groups -OCH3 is 1. The average molecular weight is 262 g/mol. The van der Waals surface area contributed by atoms with Crippen LogP contribution in [-0.4, -0.2) is 35.6 Å². The van der Waals surface area contributed by atoms with Crippen LogP contribution in [0.25, 0.3) is 5.57 Å². The summed E-state index contributed by atoms with van der Waals surface area (Å²) in [4.78, 5) is 8.37. The highest BCUT2D eigenvalue weighted by Gasteiger charge is 2.03. The van der Waals surface area contributed by atoms with E-state index in [4.69, 9.17) is 14.6 Å². The van der Waals surface area contributed by atoms with Crippen LogP contribution >= 0.6 is 0 Å². The molecule has 5 heteroatoms. The highest BCUT2D eigenvalue weighted by molar-refractivity contribution is 5.72. The lowest BCUT2D eigenvalue weighted by Gasteiger charge is -2.05. The van der Waals surface area contributed by atoms with Crippen molar-refractivity contribution >= 4 is 5.57 Å². The molecule has 1 aromatic rings. The number of ether oxygens (including phenoxy) is 2. The Morgan fingerprint density at radius 2 is 2.21 bits per heavy atom. The van der Waals surface area contributed by atoms with Crippen molar-refractivity contribution in [3.05, 3.63) is 48.5 Å². The van der Waals surface area contributed by atoms with Crippen LogP contribution in [0.4, 0.5) is 0 Å². The van der Waals surface area contributed by atoms with Gasteiger partial charge in [0.1, 0.15) is 0 Å². The Labute approximate surface area is 112 Å². The third-order valence-corrected chi connectivity index (χ3v) is 2.35. The predicted molar refractivity (Wildman–Crippen MR) is 73.6 cm³/mol. The summed E-state index contributed by atoms with van der Waals surface area (Å²) in [5, 5.41) is 9.12. The SMILES string of the molecule is C=C/C(=C\C(=C/C)c1cnc(OCOC)cn1)CO. The molecular weight excluding hydrogens is 244 g/mol. The molecule has 102 valence electrons. The van der Waals surface area contributed by atoms with Crippen LogP contribution in [0.1, 0.15) is 12.6 Å². The van der Waals surface area contributed by atoms with E-state index in [0.717, 1.165) is 11.1 Å². The van der Waals surface area contributed by atoms with Crippen molar-refractivity contribution in [3.8, 4) is 5.88 Å². The monoisotopic (exact) mass is 262 g/mol. The second-order valence-corrected chi connectivity index (χ2v) is 3.62. The number of aliphatic hydroxyl groups excluding tert-OH is 1. The molecule has 1 N–H and O–H groups in total. The maximum Gasteiger partial charge on any atom is 0.234 e. The van der Waals surface area contributed by atoms with E-state index in [0.29, 0.717) is 11.6 Å². The van der Waals surface area contributed by atoms with Gasteiger partial charge in [0, 0.05) is 7.11 Å². The zero-order chi connectivity index (χ0) is 14.1. The third kappa shape index (κ3) is 4.65. The van der Waals surface area contributed by atoms with Gasteiger partial charge in [0.05, 0.1) is 24.7 Å². The van der Waals surface area contributed by atoms with E-state index >= 15 is 0 Å². The van der Waals surface area contributed by atoms with Crippen molar-refractivity contribution in [2.24, 2.45) is 0 Å². The van der Waals surface area contributed by atoms with E-state index in [2.05, 4.69) is 16.5 Å². The smallest absolute Gasteiger partial charge is 0.234 e. The van der Waals surface area contributed by atoms with Crippen LogP contribution < -0.4 is 4.74 Å². The lowest BCUT2D eigenvalue weighted by atomic mass is 10.1. The van der Waals surface area contributed by atoms with Crippen LogP contribution in [0.3, 0.4) is 0 Å². The van der Waals surface area contributed by atoms with Gasteiger partial charge in [-0.25, -0.2) is 9.97 Å². The maximum absolute atomic E-state index is 9.12. The van der Waals surface area contributed by atoms with Gasteiger partial charge in [-0.3, -0.25) is 0 Å². The fourth-order valence-electron chi connectivity index (χ4n) is 1.33. The second kappa shape index (κ2) is 8.18. The molecule has 1 heterocycles. The zero-order valence-electron chi connectivity index (χ0n) is 11.2. The lowest BCUT2D eigenvalue weighted by molar-refractivity contribution is 0.0475. The molecule has 0 spiro atoms. The Kier molecular flexibility index (Phi) is 6.49. The van der Waals surface area contributed by atoms with Gasteiger partial charge in [0.2, 0.25) is 5.88 Å². The predicted octanol–water partition coefficient (Wildman–Crippen LogP) is 1.97. The van der Waals surface area contributed by atoms with E-state index in [-0.39, 0.29) is 13.4 Å². The molecule has 0 radical (unpaired) electrons. The Morgan fingerprint density at radius 1 is 1.42 bits per heavy atom. The van der Waals surface area contributed by atoms with Gasteiger partial charge in [-0.1, -0.05) is 18.7 Å². The molecule has 0 atom stereocenters. The number of hydrogen-bond acceptors (Lipinski definition) is 5. The van der Waals surface area contributed by atoms with Crippen LogP contribution in [0, 0.1) is 0 Å². The van der Waals surface area contributed by atoms with Crippen LogP contribution in [0.5, 0.6) is 5.88 Å². The Balaban J connectivity index is 2.89. The van der Waals surface area contributed by atoms with Gasteiger partial charge in [0.25, 0.3) is 0 Å². The van der Waals surface area contributed by atoms with Gasteiger partial charge >= 0.3 is 0 Å². The molecule has 0 saturated carbocycles. The Bertz CT molecular complexity index is 464. The quantitative estimate of drug-likeness (QED) is 0.601. The minimum Gasteiger partial charge on any atom is -0.449 e. The molecule has 0 bridgehead atoms. The maximum atomic E-state index is 9.12. The summed E-state index contributed by atoms with van der Waals surface area (Å²) in [5.41, 5.74) is 2.27. The molecule has 1 aromatic heterocycles. The molecule has 0 fully saturated rings. The fraction of sp³-hybridized carbons (Fsp3) is 0.286. The summed E-state index contributed by atoms with van der Waals surface area (Å²) in [6.45, 7) is 5.59. The van der Waals surface area contributed by atoms with Crippen molar-refractivity contribution in [3.63, 3.8) is 0 Å². The number of aliphatic hydroxyl groups is 1. The number of allylic oxidation sites excluding steroid dienone is 3. The highest BCUT2D eigenvalue weighted by atomic mass is 16.7. The molecule has 0 saturated heterocycles. The van der Waals surface area contributed by atoms with Crippen molar-refractivity contribution in [1.29, 1.82) is 0 Å². The van der Waals surface area contributed by atoms with Crippen LogP contribution in [0.2, 0.25) is 0 Å². The lowest BCUT2D eigenvalue weighted by Crippen LogP contribution is -2.01. The van der Waals surface area contributed by atoms with Crippen molar-refractivity contribution in [2.75, 3.05) is 20.5 Å². The van der Waals surface area contributed by atoms with E-state index in [1.54, 1.807) is 12.3 Å². The fourth-order valence-corrected chi connectivity index (χ4v) is 1.33. The topological polar surface area (TPSA) is 64.5 Å². The zero-order valence-corrected chi connectivity index (χ0v) is 11.2. The first kappa shape index (κ1) is 15.1. The van der Waals surface area contributed by atoms with Crippen molar-refractivity contribution < 1.29 is 14.6 Å². The molecule has 0 aromatic carbocycles. The molecule has 19 heavy (non-hydrogen) atoms. The summed E-state index contributed by atoms with van der Waals surface area (Å²) >= 11 is 0. The molecule has 0 aliphatic heterocycles. The van der Waals surface area contributed by atoms with Crippen molar-refractivity contribution in [2.45, 2.75) is 6.92 Å². The minimum absolute atomic E-state index is 0.0662. The molecule has 0 unspecified atom stereocenters. The molecule has 0 aliphatic carbocycles. The number of aromatic nitrogens is 2. The summed E-state index contributed by atoms with van der Waals surface area (Å²) in [6, 6.07) is 0. The standard InChI is InChI=1S/C14H18N2O3/c1-4-11(9-17)6-12(5-2)13-7-16-14(8-15-13)19-10-18-3/h4-8,17H,1,9-10H2,2-3H3/b11-6+,12-5+. The van der Waals surface area contributed by atoms with Gasteiger partial charge in [-0.2, -0.15) is 0 Å². The molecule has 1 rings (SSSR count). The number of hydrogen-bond donors (Lipinski definition) is 1. The summed E-state index contributed by atoms with van der Waals surface area (Å²) in [6.07, 6.45) is 8.44. The van der Waals surface area contributed by atoms with E-state index in [1.807, 2.05) is 19.1 Å². The van der Waals surface area contributed by atoms with E-state index in [1.165, 1.54) is 13.3 Å². The van der Waals surface area contributed by atoms with Crippen molar-refractivity contribution in [1.82, 2.24) is 9.97 Å². The normalized spacial score (nSPS) is 12.4. The summed E-state index contributed by atoms with van der Waals surface area (Å²) in [5.74, 6) is 0.399. The van der Waals surface area contributed by atoms with Gasteiger partial charge in [-0.15, -0.1) is 0 Å². The van der Waals surface area contributed by atoms with Gasteiger partial charge in [0.15, 0.2) is 6.79 Å². The summed E-state index contributed by atoms with van der Waals surface area (Å²) < 4.78 is 9.94. The van der Waals surface area contributed by atoms with Gasteiger partial charge in [-0.05, 0) is 24.1 Å². The van der Waals surface area contributed by atoms with Crippen LogP contribution in [-0.2, 0) is 4.74 Å². The third-order valence-electron chi connectivity index (χ3n) is 2.35. The highest BCUT2D eigenvalue weighted by Crippen LogP contribution is 2.16. The largest absolute Gasteiger partial charge is 0.449 e. The molecule has 0 aliphatic rings. The average Bonchev–Trinajstić information content (AvgIpc) is 2.47. The second-order valence-electron chi connectivity index (χ2n) is 3.62. The number of rotatable bonds is 7. The Hall–Kier alpha value is -1.98. The molecular formula is C14H18N2O3. The van der Waals surface area contributed by atoms with Crippen LogP contribution in [0.15, 0.2) is 42.8 Å². The number of nitrogens with zero attached hydrogens (tertiary/aromatic N) is 2. The minimum atomic E-state index is -0.0662. The molecule has 0 amide bonds. The van der Waals surface area contributed by atoms with Gasteiger partial charge < -0.3 is 14.6 Å². The summed E-state index contributed by atoms with van der Waals surface area (Å²) in [7, 11) is 1.54. The van der Waals surface area contributed by atoms with E-state index < -0.39 is 0 Å². The molecule has 5 nitrogen and oxygen atoms in total.